The number of aliphatic hydroxyl groups excluding tert-OH is 1. The maximum absolute atomic E-state index is 9.57. The van der Waals surface area contributed by atoms with Crippen molar-refractivity contribution in [3.63, 3.8) is 0 Å². The number of aliphatic hydroxyl groups is 1. The molecule has 4 rings (SSSR count). The average molecular weight is 321 g/mol. The third kappa shape index (κ3) is 2.19. The van der Waals surface area contributed by atoms with Crippen LogP contribution < -0.4 is 5.73 Å². The van der Waals surface area contributed by atoms with E-state index in [1.807, 2.05) is 13.8 Å². The Bertz CT molecular complexity index is 761. The number of fused-ring (bicyclic) bond motifs is 2. The van der Waals surface area contributed by atoms with Gasteiger partial charge in [-0.15, -0.1) is 0 Å². The van der Waals surface area contributed by atoms with Crippen LogP contribution in [0.15, 0.2) is 6.33 Å². The molecule has 4 heterocycles. The normalized spacial score (nSPS) is 32.5. The molecule has 2 aromatic heterocycles. The van der Waals surface area contributed by atoms with E-state index in [1.54, 1.807) is 17.8 Å². The van der Waals surface area contributed by atoms with Gasteiger partial charge in [0.15, 0.2) is 23.5 Å². The summed E-state index contributed by atoms with van der Waals surface area (Å²) in [6.45, 7) is 5.29. The first-order valence-corrected chi connectivity index (χ1v) is 7.48. The van der Waals surface area contributed by atoms with E-state index in [0.717, 1.165) is 0 Å². The van der Waals surface area contributed by atoms with Gasteiger partial charge in [0.25, 0.3) is 0 Å². The Hall–Kier alpha value is -1.81. The molecule has 0 amide bonds. The highest BCUT2D eigenvalue weighted by Crippen LogP contribution is 2.43. The van der Waals surface area contributed by atoms with Crippen molar-refractivity contribution in [1.82, 2.24) is 19.5 Å². The molecule has 23 heavy (non-hydrogen) atoms. The fourth-order valence-corrected chi connectivity index (χ4v) is 3.27. The number of nitrogen functional groups attached to an aromatic ring is 1. The van der Waals surface area contributed by atoms with Crippen molar-refractivity contribution >= 4 is 17.0 Å². The number of hydrogen-bond acceptors (Lipinski definition) is 8. The zero-order valence-electron chi connectivity index (χ0n) is 13.1. The van der Waals surface area contributed by atoms with Crippen LogP contribution in [0.3, 0.4) is 0 Å². The number of aromatic nitrogens is 4. The second-order valence-electron chi connectivity index (χ2n) is 6.29. The topological polar surface area (TPSA) is 118 Å². The summed E-state index contributed by atoms with van der Waals surface area (Å²) in [6.07, 6.45) is -0.0819. The summed E-state index contributed by atoms with van der Waals surface area (Å²) in [5, 5.41) is 9.57. The Morgan fingerprint density at radius 2 is 2.04 bits per heavy atom. The van der Waals surface area contributed by atoms with E-state index in [2.05, 4.69) is 15.0 Å². The number of nitrogens with zero attached hydrogens (tertiary/aromatic N) is 4. The van der Waals surface area contributed by atoms with Crippen LogP contribution in [-0.4, -0.2) is 55.3 Å². The van der Waals surface area contributed by atoms with Crippen LogP contribution in [-0.2, 0) is 14.2 Å². The minimum absolute atomic E-state index is 0.153. The molecule has 0 aliphatic carbocycles. The molecular formula is C14H19N5O4. The van der Waals surface area contributed by atoms with Gasteiger partial charge >= 0.3 is 0 Å². The fourth-order valence-electron chi connectivity index (χ4n) is 3.27. The molecule has 124 valence electrons. The third-order valence-corrected chi connectivity index (χ3v) is 4.14. The van der Waals surface area contributed by atoms with E-state index >= 15 is 0 Å². The number of nitrogens with two attached hydrogens (primary N) is 1. The molecule has 9 nitrogen and oxygen atoms in total. The third-order valence-electron chi connectivity index (χ3n) is 4.14. The van der Waals surface area contributed by atoms with Gasteiger partial charge < -0.3 is 25.1 Å². The molecule has 9 heteroatoms. The number of aryl methyl sites for hydroxylation is 1. The van der Waals surface area contributed by atoms with Crippen LogP contribution in [0.5, 0.6) is 0 Å². The molecule has 0 spiro atoms. The fraction of sp³-hybridized carbons (Fsp3) is 0.643. The number of anilines is 1. The van der Waals surface area contributed by atoms with Gasteiger partial charge in [0.2, 0.25) is 0 Å². The minimum atomic E-state index is -0.731. The van der Waals surface area contributed by atoms with Gasteiger partial charge in [0.05, 0.1) is 12.9 Å². The molecule has 2 aliphatic heterocycles. The maximum atomic E-state index is 9.57. The van der Waals surface area contributed by atoms with Crippen molar-refractivity contribution in [2.45, 2.75) is 51.1 Å². The molecule has 2 fully saturated rings. The van der Waals surface area contributed by atoms with Gasteiger partial charge in [-0.25, -0.2) is 15.0 Å². The lowest BCUT2D eigenvalue weighted by atomic mass is 10.1. The van der Waals surface area contributed by atoms with Crippen LogP contribution in [0.25, 0.3) is 11.2 Å². The number of rotatable bonds is 2. The Balaban J connectivity index is 1.79. The van der Waals surface area contributed by atoms with E-state index in [4.69, 9.17) is 19.9 Å². The minimum Gasteiger partial charge on any atom is -0.394 e. The van der Waals surface area contributed by atoms with Crippen molar-refractivity contribution < 1.29 is 19.3 Å². The molecule has 2 aliphatic rings. The van der Waals surface area contributed by atoms with Gasteiger partial charge in [-0.05, 0) is 20.8 Å². The number of imidazole rings is 1. The summed E-state index contributed by atoms with van der Waals surface area (Å²) in [5.74, 6) is 0.141. The van der Waals surface area contributed by atoms with Gasteiger partial charge in [0, 0.05) is 0 Å². The van der Waals surface area contributed by atoms with Crippen molar-refractivity contribution in [1.29, 1.82) is 0 Å². The predicted octanol–water partition coefficient (Wildman–Crippen LogP) is 0.127. The van der Waals surface area contributed by atoms with Crippen LogP contribution >= 0.6 is 0 Å². The average Bonchev–Trinajstić information content (AvgIpc) is 3.09. The molecule has 4 atom stereocenters. The highest BCUT2D eigenvalue weighted by Gasteiger charge is 2.55. The summed E-state index contributed by atoms with van der Waals surface area (Å²) in [7, 11) is 0. The Morgan fingerprint density at radius 3 is 2.78 bits per heavy atom. The molecule has 3 N–H and O–H groups in total. The Morgan fingerprint density at radius 1 is 1.30 bits per heavy atom. The zero-order valence-corrected chi connectivity index (χ0v) is 13.1. The van der Waals surface area contributed by atoms with E-state index in [-0.39, 0.29) is 18.8 Å². The summed E-state index contributed by atoms with van der Waals surface area (Å²) in [5.41, 5.74) is 7.00. The largest absolute Gasteiger partial charge is 0.394 e. The quantitative estimate of drug-likeness (QED) is 0.801. The summed E-state index contributed by atoms with van der Waals surface area (Å²) in [6, 6.07) is 0. The van der Waals surface area contributed by atoms with Crippen molar-refractivity contribution in [3.05, 3.63) is 12.2 Å². The lowest BCUT2D eigenvalue weighted by Crippen LogP contribution is -2.31. The molecule has 2 saturated heterocycles. The van der Waals surface area contributed by atoms with Crippen LogP contribution in [0.1, 0.15) is 25.9 Å². The van der Waals surface area contributed by atoms with Crippen molar-refractivity contribution in [2.24, 2.45) is 0 Å². The monoisotopic (exact) mass is 321 g/mol. The van der Waals surface area contributed by atoms with Gasteiger partial charge in [-0.1, -0.05) is 0 Å². The zero-order chi connectivity index (χ0) is 16.4. The van der Waals surface area contributed by atoms with Gasteiger partial charge in [-0.3, -0.25) is 4.57 Å². The standard InChI is InChI=1S/C14H19N5O4/c1-6-17-11(15)8-12(18-6)19(5-16-8)13-10-9(7(4-20)21-13)22-14(2,3)23-10/h5,7,9-10,13,20H,4H2,1-3H3,(H2,15,17,18)/t7-,9+,10?,13-/m1/s1. The van der Waals surface area contributed by atoms with E-state index in [0.29, 0.717) is 22.8 Å². The first-order valence-electron chi connectivity index (χ1n) is 7.48. The first kappa shape index (κ1) is 14.8. The van der Waals surface area contributed by atoms with Crippen molar-refractivity contribution in [2.75, 3.05) is 12.3 Å². The van der Waals surface area contributed by atoms with Gasteiger partial charge in [-0.2, -0.15) is 0 Å². The lowest BCUT2D eigenvalue weighted by Gasteiger charge is -2.24. The first-order chi connectivity index (χ1) is 10.9. The Kier molecular flexibility index (Phi) is 3.11. The molecule has 2 aromatic rings. The van der Waals surface area contributed by atoms with E-state index < -0.39 is 18.1 Å². The smallest absolute Gasteiger partial charge is 0.167 e. The molecule has 0 bridgehead atoms. The lowest BCUT2D eigenvalue weighted by molar-refractivity contribution is -0.199. The van der Waals surface area contributed by atoms with Crippen LogP contribution in [0.4, 0.5) is 5.82 Å². The summed E-state index contributed by atoms with van der Waals surface area (Å²) < 4.78 is 19.5. The molecule has 0 aromatic carbocycles. The van der Waals surface area contributed by atoms with Crippen LogP contribution in [0.2, 0.25) is 0 Å². The van der Waals surface area contributed by atoms with Crippen LogP contribution in [0, 0.1) is 6.92 Å². The SMILES string of the molecule is Cc1nc(N)c2ncn([C@@H]3O[C@H](CO)[C@@H]4OC(C)(C)OC43)c2n1. The van der Waals surface area contributed by atoms with Gasteiger partial charge in [0.1, 0.15) is 29.7 Å². The highest BCUT2D eigenvalue weighted by molar-refractivity contribution is 5.81. The molecule has 0 radical (unpaired) electrons. The number of hydrogen-bond donors (Lipinski definition) is 2. The van der Waals surface area contributed by atoms with E-state index in [1.165, 1.54) is 0 Å². The highest BCUT2D eigenvalue weighted by atomic mass is 16.8. The van der Waals surface area contributed by atoms with E-state index in [9.17, 15) is 5.11 Å². The molecular weight excluding hydrogens is 302 g/mol. The predicted molar refractivity (Wildman–Crippen MR) is 79.3 cm³/mol. The maximum Gasteiger partial charge on any atom is 0.167 e. The Labute approximate surface area is 132 Å². The summed E-state index contributed by atoms with van der Waals surface area (Å²) >= 11 is 0. The number of ether oxygens (including phenoxy) is 3. The molecule has 1 unspecified atom stereocenters. The second kappa shape index (κ2) is 4.84. The second-order valence-corrected chi connectivity index (χ2v) is 6.29. The summed E-state index contributed by atoms with van der Waals surface area (Å²) in [4.78, 5) is 12.8. The molecule has 0 saturated carbocycles. The van der Waals surface area contributed by atoms with Crippen molar-refractivity contribution in [3.8, 4) is 0 Å².